The van der Waals surface area contributed by atoms with E-state index in [4.69, 9.17) is 16.3 Å². The molecule has 0 atom stereocenters. The molecular weight excluding hydrogens is 400 g/mol. The molecule has 1 fully saturated rings. The number of benzene rings is 2. The third-order valence-electron chi connectivity index (χ3n) is 5.31. The molecule has 2 amide bonds. The second kappa shape index (κ2) is 8.52. The van der Waals surface area contributed by atoms with Gasteiger partial charge in [-0.25, -0.2) is 4.90 Å². The number of rotatable bonds is 5. The van der Waals surface area contributed by atoms with Crippen molar-refractivity contribution in [3.8, 4) is 5.75 Å². The van der Waals surface area contributed by atoms with Crippen LogP contribution in [0.1, 0.15) is 38.7 Å². The van der Waals surface area contributed by atoms with Gasteiger partial charge >= 0.3 is 0 Å². The van der Waals surface area contributed by atoms with Crippen LogP contribution in [0.3, 0.4) is 0 Å². The highest BCUT2D eigenvalue weighted by Crippen LogP contribution is 2.37. The molecule has 1 saturated heterocycles. The first-order valence-corrected chi connectivity index (χ1v) is 10.7. The normalized spacial score (nSPS) is 17.3. The first-order chi connectivity index (χ1) is 14.5. The van der Waals surface area contributed by atoms with Crippen LogP contribution in [0.2, 0.25) is 5.02 Å². The maximum absolute atomic E-state index is 13.5. The molecule has 5 nitrogen and oxygen atoms in total. The van der Waals surface area contributed by atoms with Crippen molar-refractivity contribution in [1.82, 2.24) is 4.90 Å². The van der Waals surface area contributed by atoms with Gasteiger partial charge in [0.25, 0.3) is 11.8 Å². The van der Waals surface area contributed by atoms with Gasteiger partial charge in [-0.15, -0.1) is 0 Å². The number of anilines is 1. The molecular formula is C24H25ClN2O3. The Hall–Kier alpha value is -2.79. The highest BCUT2D eigenvalue weighted by atomic mass is 35.5. The molecule has 2 aliphatic heterocycles. The fourth-order valence-corrected chi connectivity index (χ4v) is 4.13. The predicted octanol–water partition coefficient (Wildman–Crippen LogP) is 4.90. The van der Waals surface area contributed by atoms with E-state index in [1.165, 1.54) is 4.90 Å². The zero-order valence-corrected chi connectivity index (χ0v) is 18.0. The monoisotopic (exact) mass is 424 g/mol. The lowest BCUT2D eigenvalue weighted by Gasteiger charge is -2.29. The van der Waals surface area contributed by atoms with Crippen molar-refractivity contribution in [2.45, 2.75) is 39.2 Å². The predicted molar refractivity (Wildman–Crippen MR) is 118 cm³/mol. The Balaban J connectivity index is 1.77. The summed E-state index contributed by atoms with van der Waals surface area (Å²) in [5.74, 6) is 0.0284. The Labute approximate surface area is 181 Å². The zero-order chi connectivity index (χ0) is 21.3. The van der Waals surface area contributed by atoms with E-state index >= 15 is 0 Å². The van der Waals surface area contributed by atoms with Crippen LogP contribution in [-0.4, -0.2) is 35.9 Å². The molecule has 156 valence electrons. The lowest BCUT2D eigenvalue weighted by atomic mass is 10.0. The van der Waals surface area contributed by atoms with E-state index in [2.05, 4.69) is 4.90 Å². The molecule has 2 heterocycles. The standard InChI is InChI=1S/C24H25ClN2O3/c1-16(2)30-20-8-6-7-19(15-20)27-23(28)21(17-9-11-18(25)12-10-17)22(24(27)29)26-13-4-3-5-14-26/h6-12,15-16H,3-5,13-14H2,1-2H3. The molecule has 0 aromatic heterocycles. The van der Waals surface area contributed by atoms with E-state index in [0.717, 1.165) is 32.4 Å². The van der Waals surface area contributed by atoms with Gasteiger partial charge in [0, 0.05) is 24.2 Å². The van der Waals surface area contributed by atoms with E-state index in [1.807, 2.05) is 19.9 Å². The summed E-state index contributed by atoms with van der Waals surface area (Å²) in [6, 6.07) is 14.2. The van der Waals surface area contributed by atoms with E-state index < -0.39 is 0 Å². The summed E-state index contributed by atoms with van der Waals surface area (Å²) in [5, 5.41) is 0.589. The van der Waals surface area contributed by atoms with E-state index in [-0.39, 0.29) is 17.9 Å². The van der Waals surface area contributed by atoms with Crippen molar-refractivity contribution in [1.29, 1.82) is 0 Å². The Kier molecular flexibility index (Phi) is 5.82. The highest BCUT2D eigenvalue weighted by Gasteiger charge is 2.42. The van der Waals surface area contributed by atoms with Gasteiger partial charge in [0.05, 0.1) is 17.4 Å². The summed E-state index contributed by atoms with van der Waals surface area (Å²) in [5.41, 5.74) is 2.14. The molecule has 0 N–H and O–H groups in total. The summed E-state index contributed by atoms with van der Waals surface area (Å²) >= 11 is 6.05. The number of likely N-dealkylation sites (tertiary alicyclic amines) is 1. The summed E-state index contributed by atoms with van der Waals surface area (Å²) in [7, 11) is 0. The smallest absolute Gasteiger partial charge is 0.282 e. The van der Waals surface area contributed by atoms with Gasteiger partial charge in [0.15, 0.2) is 0 Å². The van der Waals surface area contributed by atoms with Crippen LogP contribution in [0, 0.1) is 0 Å². The Morgan fingerprint density at radius 3 is 2.30 bits per heavy atom. The van der Waals surface area contributed by atoms with Gasteiger partial charge in [-0.3, -0.25) is 9.59 Å². The third-order valence-corrected chi connectivity index (χ3v) is 5.56. The Morgan fingerprint density at radius 2 is 1.63 bits per heavy atom. The zero-order valence-electron chi connectivity index (χ0n) is 17.2. The minimum absolute atomic E-state index is 0.00287. The number of halogens is 1. The van der Waals surface area contributed by atoms with Crippen LogP contribution in [0.25, 0.3) is 5.57 Å². The number of carbonyl (C=O) groups is 2. The fourth-order valence-electron chi connectivity index (χ4n) is 4.01. The molecule has 2 aliphatic rings. The minimum Gasteiger partial charge on any atom is -0.491 e. The summed E-state index contributed by atoms with van der Waals surface area (Å²) < 4.78 is 5.76. The molecule has 0 spiro atoms. The van der Waals surface area contributed by atoms with Crippen molar-refractivity contribution < 1.29 is 14.3 Å². The number of hydrogen-bond acceptors (Lipinski definition) is 4. The number of carbonyl (C=O) groups excluding carboxylic acids is 2. The van der Waals surface area contributed by atoms with Crippen LogP contribution >= 0.6 is 11.6 Å². The van der Waals surface area contributed by atoms with Crippen molar-refractivity contribution in [2.24, 2.45) is 0 Å². The van der Waals surface area contributed by atoms with Crippen molar-refractivity contribution >= 4 is 34.7 Å². The highest BCUT2D eigenvalue weighted by molar-refractivity contribution is 6.45. The molecule has 30 heavy (non-hydrogen) atoms. The lowest BCUT2D eigenvalue weighted by Crippen LogP contribution is -2.37. The largest absolute Gasteiger partial charge is 0.491 e. The molecule has 2 aromatic rings. The number of piperidine rings is 1. The van der Waals surface area contributed by atoms with E-state index in [9.17, 15) is 9.59 Å². The quantitative estimate of drug-likeness (QED) is 0.641. The Morgan fingerprint density at radius 1 is 0.933 bits per heavy atom. The van der Waals surface area contributed by atoms with E-state index in [1.54, 1.807) is 42.5 Å². The van der Waals surface area contributed by atoms with E-state index in [0.29, 0.717) is 33.3 Å². The molecule has 6 heteroatoms. The summed E-state index contributed by atoms with van der Waals surface area (Å²) in [6.07, 6.45) is 3.16. The number of hydrogen-bond donors (Lipinski definition) is 0. The average Bonchev–Trinajstić information content (AvgIpc) is 2.99. The maximum atomic E-state index is 13.5. The average molecular weight is 425 g/mol. The summed E-state index contributed by atoms with van der Waals surface area (Å²) in [4.78, 5) is 30.4. The number of ether oxygens (including phenoxy) is 1. The minimum atomic E-state index is -0.315. The van der Waals surface area contributed by atoms with Gasteiger partial charge < -0.3 is 9.64 Å². The van der Waals surface area contributed by atoms with Crippen LogP contribution in [0.5, 0.6) is 5.75 Å². The first-order valence-electron chi connectivity index (χ1n) is 10.4. The molecule has 4 rings (SSSR count). The third kappa shape index (κ3) is 3.94. The van der Waals surface area contributed by atoms with Gasteiger partial charge in [-0.05, 0) is 62.9 Å². The molecule has 0 saturated carbocycles. The second-order valence-corrected chi connectivity index (χ2v) is 8.32. The van der Waals surface area contributed by atoms with Gasteiger partial charge in [0.1, 0.15) is 11.4 Å². The van der Waals surface area contributed by atoms with Gasteiger partial charge in [0.2, 0.25) is 0 Å². The number of amides is 2. The maximum Gasteiger partial charge on any atom is 0.282 e. The van der Waals surface area contributed by atoms with Crippen molar-refractivity contribution in [2.75, 3.05) is 18.0 Å². The molecule has 0 radical (unpaired) electrons. The topological polar surface area (TPSA) is 49.9 Å². The van der Waals surface area contributed by atoms with Gasteiger partial charge in [-0.1, -0.05) is 29.8 Å². The first kappa shape index (κ1) is 20.5. The molecule has 2 aromatic carbocycles. The fraction of sp³-hybridized carbons (Fsp3) is 0.333. The van der Waals surface area contributed by atoms with Crippen LogP contribution in [0.4, 0.5) is 5.69 Å². The Bertz CT molecular complexity index is 992. The molecule has 0 unspecified atom stereocenters. The number of nitrogens with zero attached hydrogens (tertiary/aromatic N) is 2. The van der Waals surface area contributed by atoms with Crippen LogP contribution in [-0.2, 0) is 9.59 Å². The van der Waals surface area contributed by atoms with Crippen LogP contribution < -0.4 is 9.64 Å². The van der Waals surface area contributed by atoms with Crippen molar-refractivity contribution in [3.05, 3.63) is 64.8 Å². The molecule has 0 aliphatic carbocycles. The molecule has 0 bridgehead atoms. The second-order valence-electron chi connectivity index (χ2n) is 7.89. The SMILES string of the molecule is CC(C)Oc1cccc(N2C(=O)C(c3ccc(Cl)cc3)=C(N3CCCCC3)C2=O)c1. The summed E-state index contributed by atoms with van der Waals surface area (Å²) in [6.45, 7) is 5.42. The van der Waals surface area contributed by atoms with Gasteiger partial charge in [-0.2, -0.15) is 0 Å². The van der Waals surface area contributed by atoms with Crippen molar-refractivity contribution in [3.63, 3.8) is 0 Å². The number of imide groups is 1. The van der Waals surface area contributed by atoms with Crippen LogP contribution in [0.15, 0.2) is 54.2 Å². The lowest BCUT2D eigenvalue weighted by molar-refractivity contribution is -0.120.